The average Bonchev–Trinajstić information content (AvgIpc) is 2.83. The van der Waals surface area contributed by atoms with E-state index in [9.17, 15) is 13.6 Å². The third-order valence-corrected chi connectivity index (χ3v) is 2.28. The zero-order valence-corrected chi connectivity index (χ0v) is 8.92. The Kier molecular flexibility index (Phi) is 2.86. The average molecular weight is 237 g/mol. The molecule has 2 N–H and O–H groups in total. The van der Waals surface area contributed by atoms with E-state index in [0.29, 0.717) is 0 Å². The van der Waals surface area contributed by atoms with Crippen LogP contribution in [0, 0.1) is 18.6 Å². The molecule has 0 unspecified atom stereocenters. The van der Waals surface area contributed by atoms with Crippen LogP contribution in [0.5, 0.6) is 0 Å². The molecule has 0 aliphatic carbocycles. The Morgan fingerprint density at radius 1 is 1.41 bits per heavy atom. The molecule has 1 amide bonds. The maximum Gasteiger partial charge on any atom is 0.258 e. The molecule has 0 saturated carbocycles. The smallest absolute Gasteiger partial charge is 0.258 e. The number of nitrogens with zero attached hydrogens (tertiary/aromatic N) is 1. The second-order valence-corrected chi connectivity index (χ2v) is 3.49. The zero-order valence-electron chi connectivity index (χ0n) is 8.92. The number of hydrogen-bond donors (Lipinski definition) is 2. The summed E-state index contributed by atoms with van der Waals surface area (Å²) in [5.41, 5.74) is 0.00963. The summed E-state index contributed by atoms with van der Waals surface area (Å²) < 4.78 is 26.9. The summed E-state index contributed by atoms with van der Waals surface area (Å²) in [4.78, 5) is 11.6. The first kappa shape index (κ1) is 11.3. The molecule has 0 fully saturated rings. The van der Waals surface area contributed by atoms with Gasteiger partial charge >= 0.3 is 0 Å². The molecule has 1 aromatic carbocycles. The number of carbonyl (C=O) groups is 1. The molecule has 2 rings (SSSR count). The number of rotatable bonds is 2. The molecule has 17 heavy (non-hydrogen) atoms. The highest BCUT2D eigenvalue weighted by Crippen LogP contribution is 2.22. The van der Waals surface area contributed by atoms with Gasteiger partial charge in [0.25, 0.3) is 5.91 Å². The standard InChI is InChI=1S/C11H9F2N3O/c1-6-2-3-8(12)10(9(6)13)16-11(17)7-4-14-15-5-7/h2-5H,1H3,(H,14,15)(H,16,17). The molecular weight excluding hydrogens is 228 g/mol. The maximum atomic E-state index is 13.6. The summed E-state index contributed by atoms with van der Waals surface area (Å²) in [5, 5.41) is 8.19. The molecule has 0 aliphatic rings. The van der Waals surface area contributed by atoms with Gasteiger partial charge < -0.3 is 5.32 Å². The van der Waals surface area contributed by atoms with E-state index in [-0.39, 0.29) is 11.1 Å². The van der Waals surface area contributed by atoms with Crippen molar-refractivity contribution in [1.82, 2.24) is 10.2 Å². The number of hydrogen-bond acceptors (Lipinski definition) is 2. The highest BCUT2D eigenvalue weighted by molar-refractivity contribution is 6.04. The molecule has 4 nitrogen and oxygen atoms in total. The number of halogens is 2. The number of benzene rings is 1. The number of H-pyrrole nitrogens is 1. The van der Waals surface area contributed by atoms with Gasteiger partial charge in [0, 0.05) is 6.20 Å². The van der Waals surface area contributed by atoms with Crippen LogP contribution < -0.4 is 5.32 Å². The highest BCUT2D eigenvalue weighted by atomic mass is 19.1. The molecule has 0 spiro atoms. The second kappa shape index (κ2) is 4.32. The van der Waals surface area contributed by atoms with E-state index in [1.165, 1.54) is 25.4 Å². The Labute approximate surface area is 95.7 Å². The minimum atomic E-state index is -0.815. The Balaban J connectivity index is 2.31. The maximum absolute atomic E-state index is 13.6. The molecule has 0 radical (unpaired) electrons. The van der Waals surface area contributed by atoms with Crippen LogP contribution in [0.4, 0.5) is 14.5 Å². The summed E-state index contributed by atoms with van der Waals surface area (Å²) in [5.74, 6) is -2.21. The van der Waals surface area contributed by atoms with Gasteiger partial charge in [-0.15, -0.1) is 0 Å². The number of carbonyl (C=O) groups excluding carboxylic acids is 1. The van der Waals surface area contributed by atoms with Gasteiger partial charge in [-0.1, -0.05) is 6.07 Å². The summed E-state index contributed by atoms with van der Waals surface area (Å²) in [7, 11) is 0. The van der Waals surface area contributed by atoms with Crippen molar-refractivity contribution in [1.29, 1.82) is 0 Å². The number of aromatic amines is 1. The molecule has 1 heterocycles. The van der Waals surface area contributed by atoms with Crippen LogP contribution in [0.2, 0.25) is 0 Å². The first-order valence-corrected chi connectivity index (χ1v) is 4.84. The van der Waals surface area contributed by atoms with E-state index >= 15 is 0 Å². The molecule has 6 heteroatoms. The normalized spacial score (nSPS) is 10.3. The van der Waals surface area contributed by atoms with Crippen LogP contribution in [0.1, 0.15) is 15.9 Å². The quantitative estimate of drug-likeness (QED) is 0.841. The van der Waals surface area contributed by atoms with Crippen LogP contribution in [0.25, 0.3) is 0 Å². The lowest BCUT2D eigenvalue weighted by Gasteiger charge is -2.08. The number of aromatic nitrogens is 2. The van der Waals surface area contributed by atoms with Gasteiger partial charge in [0.05, 0.1) is 11.8 Å². The summed E-state index contributed by atoms with van der Waals surface area (Å²) >= 11 is 0. The fourth-order valence-corrected chi connectivity index (χ4v) is 1.33. The van der Waals surface area contributed by atoms with Crippen molar-refractivity contribution in [2.75, 3.05) is 5.32 Å². The largest absolute Gasteiger partial charge is 0.317 e. The Morgan fingerprint density at radius 3 is 2.82 bits per heavy atom. The molecule has 0 bridgehead atoms. The van der Waals surface area contributed by atoms with Crippen molar-refractivity contribution in [3.05, 3.63) is 47.3 Å². The van der Waals surface area contributed by atoms with E-state index in [2.05, 4.69) is 15.5 Å². The van der Waals surface area contributed by atoms with E-state index in [1.54, 1.807) is 0 Å². The van der Waals surface area contributed by atoms with E-state index in [0.717, 1.165) is 6.07 Å². The van der Waals surface area contributed by atoms with Crippen molar-refractivity contribution in [3.63, 3.8) is 0 Å². The first-order valence-electron chi connectivity index (χ1n) is 4.84. The van der Waals surface area contributed by atoms with E-state index in [4.69, 9.17) is 0 Å². The summed E-state index contributed by atoms with van der Waals surface area (Å²) in [6, 6.07) is 2.40. The van der Waals surface area contributed by atoms with Crippen LogP contribution >= 0.6 is 0 Å². The summed E-state index contributed by atoms with van der Waals surface area (Å²) in [6.45, 7) is 1.49. The SMILES string of the molecule is Cc1ccc(F)c(NC(=O)c2cn[nH]c2)c1F. The topological polar surface area (TPSA) is 57.8 Å². The van der Waals surface area contributed by atoms with Gasteiger partial charge in [-0.25, -0.2) is 8.78 Å². The molecule has 1 aromatic heterocycles. The van der Waals surface area contributed by atoms with Gasteiger partial charge in [-0.05, 0) is 18.6 Å². The second-order valence-electron chi connectivity index (χ2n) is 3.49. The lowest BCUT2D eigenvalue weighted by Crippen LogP contribution is -2.14. The minimum absolute atomic E-state index is 0.199. The van der Waals surface area contributed by atoms with Gasteiger partial charge in [-0.2, -0.15) is 5.10 Å². The Hall–Kier alpha value is -2.24. The van der Waals surface area contributed by atoms with Gasteiger partial charge in [-0.3, -0.25) is 9.89 Å². The van der Waals surface area contributed by atoms with Crippen molar-refractivity contribution in [2.45, 2.75) is 6.92 Å². The van der Waals surface area contributed by atoms with Crippen LogP contribution in [-0.2, 0) is 0 Å². The van der Waals surface area contributed by atoms with E-state index in [1.807, 2.05) is 0 Å². The summed E-state index contributed by atoms with van der Waals surface area (Å²) in [6.07, 6.45) is 2.60. The number of anilines is 1. The van der Waals surface area contributed by atoms with Gasteiger partial charge in [0.15, 0.2) is 5.82 Å². The highest BCUT2D eigenvalue weighted by Gasteiger charge is 2.15. The number of aryl methyl sites for hydroxylation is 1. The van der Waals surface area contributed by atoms with E-state index < -0.39 is 23.2 Å². The molecule has 88 valence electrons. The van der Waals surface area contributed by atoms with Gasteiger partial charge in [0.2, 0.25) is 0 Å². The van der Waals surface area contributed by atoms with Crippen molar-refractivity contribution >= 4 is 11.6 Å². The third-order valence-electron chi connectivity index (χ3n) is 2.28. The molecule has 0 saturated heterocycles. The number of amides is 1. The van der Waals surface area contributed by atoms with Crippen molar-refractivity contribution in [2.24, 2.45) is 0 Å². The lowest BCUT2D eigenvalue weighted by molar-refractivity contribution is 0.102. The fraction of sp³-hybridized carbons (Fsp3) is 0.0909. The van der Waals surface area contributed by atoms with Crippen molar-refractivity contribution in [3.8, 4) is 0 Å². The predicted octanol–water partition coefficient (Wildman–Crippen LogP) is 2.25. The van der Waals surface area contributed by atoms with Crippen LogP contribution in [0.15, 0.2) is 24.5 Å². The molecule has 0 aliphatic heterocycles. The lowest BCUT2D eigenvalue weighted by atomic mass is 10.2. The Morgan fingerprint density at radius 2 is 2.18 bits per heavy atom. The number of nitrogens with one attached hydrogen (secondary N) is 2. The minimum Gasteiger partial charge on any atom is -0.317 e. The third kappa shape index (κ3) is 2.15. The van der Waals surface area contributed by atoms with Gasteiger partial charge in [0.1, 0.15) is 11.5 Å². The Bertz CT molecular complexity index is 552. The monoisotopic (exact) mass is 237 g/mol. The fourth-order valence-electron chi connectivity index (χ4n) is 1.33. The molecular formula is C11H9F2N3O. The molecule has 2 aromatic rings. The first-order chi connectivity index (χ1) is 8.09. The van der Waals surface area contributed by atoms with Crippen molar-refractivity contribution < 1.29 is 13.6 Å². The zero-order chi connectivity index (χ0) is 12.4. The van der Waals surface area contributed by atoms with Crippen LogP contribution in [0.3, 0.4) is 0 Å². The predicted molar refractivity (Wildman–Crippen MR) is 57.6 cm³/mol. The molecule has 0 atom stereocenters. The van der Waals surface area contributed by atoms with Crippen LogP contribution in [-0.4, -0.2) is 16.1 Å².